The minimum atomic E-state index is -0.357. The van der Waals surface area contributed by atoms with E-state index in [4.69, 9.17) is 10.1 Å². The molecule has 128 valence electrons. The molecule has 0 aliphatic carbocycles. The molecule has 0 unspecified atom stereocenters. The normalized spacial score (nSPS) is 14.7. The largest absolute Gasteiger partial charge is 0.381 e. The second kappa shape index (κ2) is 7.73. The Balaban J connectivity index is 1.91. The number of hydrogen-bond acceptors (Lipinski definition) is 6. The van der Waals surface area contributed by atoms with Crippen LogP contribution in [-0.4, -0.2) is 35.4 Å². The average Bonchev–Trinajstić information content (AvgIpc) is 2.63. The van der Waals surface area contributed by atoms with E-state index in [1.165, 1.54) is 0 Å². The highest BCUT2D eigenvalue weighted by Crippen LogP contribution is 2.16. The van der Waals surface area contributed by atoms with Crippen molar-refractivity contribution in [2.75, 3.05) is 18.5 Å². The van der Waals surface area contributed by atoms with Gasteiger partial charge in [0.05, 0.1) is 17.2 Å². The summed E-state index contributed by atoms with van der Waals surface area (Å²) in [5, 5.41) is 20.0. The highest BCUT2D eigenvalue weighted by Gasteiger charge is 2.18. The van der Waals surface area contributed by atoms with Gasteiger partial charge < -0.3 is 20.4 Å². The summed E-state index contributed by atoms with van der Waals surface area (Å²) >= 11 is 0. The third kappa shape index (κ3) is 3.92. The number of anilines is 1. The summed E-state index contributed by atoms with van der Waals surface area (Å²) in [5.74, 6) is 0.878. The van der Waals surface area contributed by atoms with E-state index in [0.717, 1.165) is 24.6 Å². The topological polar surface area (TPSA) is 115 Å². The van der Waals surface area contributed by atoms with Crippen LogP contribution in [0.5, 0.6) is 0 Å². The maximum atomic E-state index is 12.3. The molecule has 1 aromatic heterocycles. The van der Waals surface area contributed by atoms with Crippen LogP contribution in [0.3, 0.4) is 0 Å². The molecule has 7 nitrogen and oxygen atoms in total. The number of rotatable bonds is 5. The second-order valence-corrected chi connectivity index (χ2v) is 5.90. The minimum absolute atomic E-state index is 0.168. The van der Waals surface area contributed by atoms with Crippen LogP contribution in [0.1, 0.15) is 35.4 Å². The van der Waals surface area contributed by atoms with Gasteiger partial charge in [-0.3, -0.25) is 4.79 Å². The van der Waals surface area contributed by atoms with E-state index in [1.54, 1.807) is 12.1 Å². The molecular formula is C18H19N5O2. The van der Waals surface area contributed by atoms with Crippen LogP contribution in [0.2, 0.25) is 0 Å². The van der Waals surface area contributed by atoms with Gasteiger partial charge in [-0.1, -0.05) is 18.2 Å². The molecular weight excluding hydrogens is 318 g/mol. The van der Waals surface area contributed by atoms with Gasteiger partial charge in [0, 0.05) is 31.9 Å². The number of aromatic amines is 1. The Hall–Kier alpha value is -2.98. The fraction of sp³-hybridized carbons (Fsp3) is 0.333. The molecule has 3 rings (SSSR count). The van der Waals surface area contributed by atoms with Crippen LogP contribution >= 0.6 is 0 Å². The van der Waals surface area contributed by atoms with E-state index in [9.17, 15) is 10.1 Å². The lowest BCUT2D eigenvalue weighted by Gasteiger charge is -2.24. The summed E-state index contributed by atoms with van der Waals surface area (Å²) in [6.07, 6.45) is 3.03. The Morgan fingerprint density at radius 1 is 1.40 bits per heavy atom. The van der Waals surface area contributed by atoms with E-state index < -0.39 is 0 Å². The maximum absolute atomic E-state index is 12.3. The Morgan fingerprint density at radius 3 is 2.88 bits per heavy atom. The lowest BCUT2D eigenvalue weighted by atomic mass is 10.1. The van der Waals surface area contributed by atoms with Gasteiger partial charge in [-0.15, -0.1) is 0 Å². The fourth-order valence-electron chi connectivity index (χ4n) is 2.86. The number of nitrogens with one attached hydrogen (secondary N) is 3. The zero-order valence-electron chi connectivity index (χ0n) is 13.7. The highest BCUT2D eigenvalue weighted by molar-refractivity contribution is 5.83. The highest BCUT2D eigenvalue weighted by atomic mass is 16.5. The number of benzene rings is 1. The van der Waals surface area contributed by atoms with Crippen LogP contribution < -0.4 is 10.9 Å². The van der Waals surface area contributed by atoms with Crippen LogP contribution in [-0.2, 0) is 11.2 Å². The average molecular weight is 337 g/mol. The van der Waals surface area contributed by atoms with Gasteiger partial charge in [-0.25, -0.2) is 4.98 Å². The molecule has 0 atom stereocenters. The van der Waals surface area contributed by atoms with Crippen LogP contribution in [0.15, 0.2) is 29.1 Å². The standard InChI is InChI=1S/C18H19N5O2/c19-10-13-4-2-1-3-12(13)9-16-22-17(15(11-20)18(24)23-16)21-14-5-7-25-8-6-14/h1-4,11,14,20H,5-9H2,(H2,21,22,23,24). The van der Waals surface area contributed by atoms with Crippen molar-refractivity contribution in [1.29, 1.82) is 10.7 Å². The number of nitrogens with zero attached hydrogens (tertiary/aromatic N) is 2. The Labute approximate surface area is 145 Å². The van der Waals surface area contributed by atoms with Gasteiger partial charge >= 0.3 is 0 Å². The maximum Gasteiger partial charge on any atom is 0.261 e. The van der Waals surface area contributed by atoms with E-state index in [0.29, 0.717) is 36.8 Å². The second-order valence-electron chi connectivity index (χ2n) is 5.90. The van der Waals surface area contributed by atoms with E-state index in [-0.39, 0.29) is 17.2 Å². The van der Waals surface area contributed by atoms with Gasteiger partial charge in [-0.05, 0) is 24.5 Å². The van der Waals surface area contributed by atoms with Gasteiger partial charge in [0.25, 0.3) is 5.56 Å². The molecule has 1 saturated heterocycles. The van der Waals surface area contributed by atoms with Crippen molar-refractivity contribution in [2.45, 2.75) is 25.3 Å². The summed E-state index contributed by atoms with van der Waals surface area (Å²) in [4.78, 5) is 19.5. The lowest BCUT2D eigenvalue weighted by Crippen LogP contribution is -2.30. The minimum Gasteiger partial charge on any atom is -0.381 e. The molecule has 1 aromatic carbocycles. The van der Waals surface area contributed by atoms with Crippen LogP contribution in [0.4, 0.5) is 5.82 Å². The molecule has 0 amide bonds. The quantitative estimate of drug-likeness (QED) is 0.720. The third-order valence-electron chi connectivity index (χ3n) is 4.21. The Morgan fingerprint density at radius 2 is 2.16 bits per heavy atom. The Kier molecular flexibility index (Phi) is 5.21. The van der Waals surface area contributed by atoms with Crippen molar-refractivity contribution >= 4 is 12.0 Å². The summed E-state index contributed by atoms with van der Waals surface area (Å²) in [7, 11) is 0. The first-order valence-corrected chi connectivity index (χ1v) is 8.17. The molecule has 1 fully saturated rings. The summed E-state index contributed by atoms with van der Waals surface area (Å²) in [6.45, 7) is 1.34. The molecule has 25 heavy (non-hydrogen) atoms. The first-order valence-electron chi connectivity index (χ1n) is 8.17. The van der Waals surface area contributed by atoms with Crippen molar-refractivity contribution in [3.05, 3.63) is 57.1 Å². The van der Waals surface area contributed by atoms with E-state index >= 15 is 0 Å². The van der Waals surface area contributed by atoms with Gasteiger partial charge in [0.15, 0.2) is 0 Å². The molecule has 2 aromatic rings. The number of ether oxygens (including phenoxy) is 1. The predicted molar refractivity (Wildman–Crippen MR) is 94.2 cm³/mol. The molecule has 0 radical (unpaired) electrons. The number of H-pyrrole nitrogens is 1. The van der Waals surface area contributed by atoms with Crippen molar-refractivity contribution in [2.24, 2.45) is 0 Å². The van der Waals surface area contributed by atoms with Crippen LogP contribution in [0, 0.1) is 16.7 Å². The summed E-state index contributed by atoms with van der Waals surface area (Å²) < 4.78 is 5.34. The molecule has 7 heteroatoms. The predicted octanol–water partition coefficient (Wildman–Crippen LogP) is 1.82. The first kappa shape index (κ1) is 16.9. The summed E-state index contributed by atoms with van der Waals surface area (Å²) in [5.41, 5.74) is 1.21. The lowest BCUT2D eigenvalue weighted by molar-refractivity contribution is 0.0904. The molecule has 2 heterocycles. The first-order chi connectivity index (χ1) is 12.2. The molecule has 3 N–H and O–H groups in total. The molecule has 0 saturated carbocycles. The number of hydrogen-bond donors (Lipinski definition) is 3. The third-order valence-corrected chi connectivity index (χ3v) is 4.21. The van der Waals surface area contributed by atoms with Crippen molar-refractivity contribution in [1.82, 2.24) is 9.97 Å². The summed E-state index contributed by atoms with van der Waals surface area (Å²) in [6, 6.07) is 9.54. The van der Waals surface area contributed by atoms with E-state index in [1.807, 2.05) is 12.1 Å². The van der Waals surface area contributed by atoms with Crippen molar-refractivity contribution in [3.63, 3.8) is 0 Å². The molecule has 0 spiro atoms. The Bertz CT molecular complexity index is 863. The van der Waals surface area contributed by atoms with E-state index in [2.05, 4.69) is 21.4 Å². The monoisotopic (exact) mass is 337 g/mol. The van der Waals surface area contributed by atoms with Gasteiger partial charge in [-0.2, -0.15) is 5.26 Å². The molecule has 1 aliphatic rings. The molecule has 0 bridgehead atoms. The van der Waals surface area contributed by atoms with Crippen molar-refractivity contribution in [3.8, 4) is 6.07 Å². The zero-order valence-corrected chi connectivity index (χ0v) is 13.7. The van der Waals surface area contributed by atoms with Gasteiger partial charge in [0.2, 0.25) is 0 Å². The van der Waals surface area contributed by atoms with Gasteiger partial charge in [0.1, 0.15) is 11.6 Å². The number of nitriles is 1. The number of aromatic nitrogens is 2. The van der Waals surface area contributed by atoms with Crippen LogP contribution in [0.25, 0.3) is 0 Å². The van der Waals surface area contributed by atoms with Crippen molar-refractivity contribution < 1.29 is 4.74 Å². The smallest absolute Gasteiger partial charge is 0.261 e. The SMILES string of the molecule is N#Cc1ccccc1Cc1nc(NC2CCOCC2)c(C=N)c(=O)[nH]1. The zero-order chi connectivity index (χ0) is 17.6. The fourth-order valence-corrected chi connectivity index (χ4v) is 2.86. The molecule has 1 aliphatic heterocycles.